The van der Waals surface area contributed by atoms with Gasteiger partial charge in [0.15, 0.2) is 0 Å². The van der Waals surface area contributed by atoms with Gasteiger partial charge in [0.25, 0.3) is 0 Å². The summed E-state index contributed by atoms with van der Waals surface area (Å²) in [5, 5.41) is 12.8. The van der Waals surface area contributed by atoms with E-state index in [4.69, 9.17) is 4.74 Å². The summed E-state index contributed by atoms with van der Waals surface area (Å²) in [4.78, 5) is 39.8. The molecule has 5 aliphatic rings. The average molecular weight is 475 g/mol. The van der Waals surface area contributed by atoms with Crippen LogP contribution in [0.25, 0.3) is 11.1 Å². The molecule has 7 nitrogen and oxygen atoms in total. The third-order valence-electron chi connectivity index (χ3n) is 8.64. The van der Waals surface area contributed by atoms with Gasteiger partial charge in [-0.1, -0.05) is 61.9 Å². The van der Waals surface area contributed by atoms with E-state index in [-0.39, 0.29) is 29.9 Å². The molecular weight excluding hydrogens is 444 g/mol. The standard InChI is InChI=1S/C28H30N2O5/c1-27-14-28(15-27,25(32)33)30(16-27)24(31)21-11-6-12-23(21)29-26(34)35-13-22-19-9-4-2-7-17(19)18-8-3-5-10-20(18)22/h2-5,7-10,21-23H,6,11-16H2,1H3,(H,29,34)(H,32,33)/t21-,23+,27?,28?/m0/s1. The number of fused-ring (bicyclic) bond motifs is 4. The van der Waals surface area contributed by atoms with Crippen LogP contribution in [0.3, 0.4) is 0 Å². The number of aliphatic carboxylic acids is 1. The second-order valence-electron chi connectivity index (χ2n) is 11.0. The molecule has 7 rings (SSSR count). The largest absolute Gasteiger partial charge is 0.479 e. The zero-order chi connectivity index (χ0) is 24.4. The first kappa shape index (κ1) is 22.1. The van der Waals surface area contributed by atoms with Crippen molar-refractivity contribution in [2.45, 2.75) is 56.5 Å². The first-order chi connectivity index (χ1) is 16.8. The lowest BCUT2D eigenvalue weighted by molar-refractivity contribution is -0.161. The van der Waals surface area contributed by atoms with E-state index in [0.29, 0.717) is 32.2 Å². The van der Waals surface area contributed by atoms with Gasteiger partial charge in [-0.15, -0.1) is 0 Å². The quantitative estimate of drug-likeness (QED) is 0.679. The molecule has 2 aromatic carbocycles. The third kappa shape index (κ3) is 3.35. The highest BCUT2D eigenvalue weighted by molar-refractivity contribution is 5.91. The molecule has 2 aromatic rings. The first-order valence-electron chi connectivity index (χ1n) is 12.5. The number of hydrogen-bond acceptors (Lipinski definition) is 4. The summed E-state index contributed by atoms with van der Waals surface area (Å²) in [7, 11) is 0. The molecule has 2 aliphatic heterocycles. The molecule has 7 heteroatoms. The smallest absolute Gasteiger partial charge is 0.407 e. The lowest BCUT2D eigenvalue weighted by Gasteiger charge is -2.43. The number of nitrogens with one attached hydrogen (secondary N) is 1. The van der Waals surface area contributed by atoms with Gasteiger partial charge >= 0.3 is 12.1 Å². The maximum Gasteiger partial charge on any atom is 0.407 e. The first-order valence-corrected chi connectivity index (χ1v) is 12.5. The molecule has 2 N–H and O–H groups in total. The maximum atomic E-state index is 13.4. The van der Waals surface area contributed by atoms with Crippen molar-refractivity contribution in [3.63, 3.8) is 0 Å². The maximum absolute atomic E-state index is 13.4. The van der Waals surface area contributed by atoms with Gasteiger partial charge < -0.3 is 20.1 Å². The van der Waals surface area contributed by atoms with Crippen LogP contribution in [-0.2, 0) is 14.3 Å². The molecule has 2 saturated carbocycles. The summed E-state index contributed by atoms with van der Waals surface area (Å²) in [6, 6.07) is 16.0. The van der Waals surface area contributed by atoms with E-state index < -0.39 is 23.5 Å². The van der Waals surface area contributed by atoms with Crippen LogP contribution in [0.1, 0.15) is 56.1 Å². The van der Waals surface area contributed by atoms with Crippen molar-refractivity contribution in [2.75, 3.05) is 13.2 Å². The molecular formula is C28H30N2O5. The highest BCUT2D eigenvalue weighted by Gasteiger charge is 2.69. The highest BCUT2D eigenvalue weighted by atomic mass is 16.5. The molecule has 2 saturated heterocycles. The Labute approximate surface area is 204 Å². The summed E-state index contributed by atoms with van der Waals surface area (Å²) < 4.78 is 5.69. The fourth-order valence-electron chi connectivity index (χ4n) is 7.17. The zero-order valence-corrected chi connectivity index (χ0v) is 19.8. The Morgan fingerprint density at radius 1 is 1.03 bits per heavy atom. The summed E-state index contributed by atoms with van der Waals surface area (Å²) in [6.45, 7) is 2.74. The molecule has 0 spiro atoms. The number of alkyl carbamates (subject to hydrolysis) is 1. The molecule has 0 aromatic heterocycles. The molecule has 182 valence electrons. The average Bonchev–Trinajstić information content (AvgIpc) is 3.56. The molecule has 0 unspecified atom stereocenters. The number of ether oxygens (including phenoxy) is 1. The van der Waals surface area contributed by atoms with Crippen LogP contribution < -0.4 is 5.32 Å². The van der Waals surface area contributed by atoms with Crippen molar-refractivity contribution in [1.82, 2.24) is 10.2 Å². The Morgan fingerprint density at radius 2 is 1.66 bits per heavy atom. The van der Waals surface area contributed by atoms with Gasteiger partial charge in [0.05, 0.1) is 5.92 Å². The van der Waals surface area contributed by atoms with Gasteiger partial charge in [0.1, 0.15) is 12.1 Å². The van der Waals surface area contributed by atoms with Crippen molar-refractivity contribution in [2.24, 2.45) is 11.3 Å². The van der Waals surface area contributed by atoms with Crippen LogP contribution in [0.4, 0.5) is 4.79 Å². The van der Waals surface area contributed by atoms with E-state index in [0.717, 1.165) is 17.5 Å². The minimum atomic E-state index is -1.07. The summed E-state index contributed by atoms with van der Waals surface area (Å²) in [5.74, 6) is -1.49. The third-order valence-corrected chi connectivity index (χ3v) is 8.64. The predicted molar refractivity (Wildman–Crippen MR) is 129 cm³/mol. The van der Waals surface area contributed by atoms with E-state index in [1.165, 1.54) is 11.1 Å². The van der Waals surface area contributed by atoms with Crippen molar-refractivity contribution >= 4 is 18.0 Å². The highest BCUT2D eigenvalue weighted by Crippen LogP contribution is 2.59. The van der Waals surface area contributed by atoms with Gasteiger partial charge in [-0.25, -0.2) is 9.59 Å². The molecule has 3 aliphatic carbocycles. The normalized spacial score (nSPS) is 30.4. The molecule has 4 fully saturated rings. The fourth-order valence-corrected chi connectivity index (χ4v) is 7.17. The van der Waals surface area contributed by atoms with E-state index >= 15 is 0 Å². The number of carboxylic acids is 1. The number of carbonyl (C=O) groups excluding carboxylic acids is 2. The summed E-state index contributed by atoms with van der Waals surface area (Å²) in [6.07, 6.45) is 2.65. The molecule has 2 atom stereocenters. The fraction of sp³-hybridized carbons (Fsp3) is 0.464. The second kappa shape index (κ2) is 7.83. The van der Waals surface area contributed by atoms with Gasteiger partial charge in [0, 0.05) is 18.5 Å². The van der Waals surface area contributed by atoms with Gasteiger partial charge in [-0.05, 0) is 53.4 Å². The molecule has 35 heavy (non-hydrogen) atoms. The van der Waals surface area contributed by atoms with Crippen molar-refractivity contribution in [3.8, 4) is 11.1 Å². The van der Waals surface area contributed by atoms with E-state index in [2.05, 4.69) is 29.6 Å². The van der Waals surface area contributed by atoms with E-state index in [1.54, 1.807) is 4.90 Å². The summed E-state index contributed by atoms with van der Waals surface area (Å²) in [5.41, 5.74) is 3.46. The van der Waals surface area contributed by atoms with Crippen LogP contribution >= 0.6 is 0 Å². The number of rotatable bonds is 5. The number of carbonyl (C=O) groups is 3. The van der Waals surface area contributed by atoms with Crippen molar-refractivity contribution < 1.29 is 24.2 Å². The van der Waals surface area contributed by atoms with Gasteiger partial charge in [-0.2, -0.15) is 0 Å². The van der Waals surface area contributed by atoms with Gasteiger partial charge in [0.2, 0.25) is 5.91 Å². The monoisotopic (exact) mass is 474 g/mol. The predicted octanol–water partition coefficient (Wildman–Crippen LogP) is 4.16. The number of amides is 2. The second-order valence-corrected chi connectivity index (χ2v) is 11.0. The van der Waals surface area contributed by atoms with Gasteiger partial charge in [-0.3, -0.25) is 4.79 Å². The Kier molecular flexibility index (Phi) is 4.95. The molecule has 0 radical (unpaired) electrons. The Hall–Kier alpha value is -3.35. The van der Waals surface area contributed by atoms with Crippen molar-refractivity contribution in [3.05, 3.63) is 59.7 Å². The minimum Gasteiger partial charge on any atom is -0.479 e. The van der Waals surface area contributed by atoms with E-state index in [1.807, 2.05) is 31.2 Å². The lowest BCUT2D eigenvalue weighted by Crippen LogP contribution is -2.58. The Bertz CT molecular complexity index is 1170. The summed E-state index contributed by atoms with van der Waals surface area (Å²) >= 11 is 0. The Morgan fingerprint density at radius 3 is 2.29 bits per heavy atom. The zero-order valence-electron chi connectivity index (χ0n) is 19.8. The SMILES string of the molecule is CC12CN(C(=O)[C@H]3CCC[C@H]3NC(=O)OCC3c4ccccc4-c4ccccc43)C(C(=O)O)(C1)C2. The van der Waals surface area contributed by atoms with Crippen molar-refractivity contribution in [1.29, 1.82) is 0 Å². The lowest BCUT2D eigenvalue weighted by atomic mass is 9.63. The van der Waals surface area contributed by atoms with Crippen LogP contribution in [-0.4, -0.2) is 52.7 Å². The van der Waals surface area contributed by atoms with Crippen LogP contribution in [0.2, 0.25) is 0 Å². The number of nitrogens with zero attached hydrogens (tertiary/aromatic N) is 1. The van der Waals surface area contributed by atoms with Crippen LogP contribution in [0, 0.1) is 11.3 Å². The number of benzene rings is 2. The van der Waals surface area contributed by atoms with Crippen LogP contribution in [0.15, 0.2) is 48.5 Å². The number of hydrogen-bond donors (Lipinski definition) is 2. The Balaban J connectivity index is 1.12. The van der Waals surface area contributed by atoms with E-state index in [9.17, 15) is 19.5 Å². The number of carboxylic acid groups (broad SMARTS) is 1. The van der Waals surface area contributed by atoms with Crippen LogP contribution in [0.5, 0.6) is 0 Å². The molecule has 2 amide bonds. The molecule has 2 bridgehead atoms. The topological polar surface area (TPSA) is 95.9 Å². The minimum absolute atomic E-state index is 0.0262. The molecule has 2 heterocycles.